The van der Waals surface area contributed by atoms with Crippen molar-refractivity contribution in [2.75, 3.05) is 0 Å². The highest BCUT2D eigenvalue weighted by Gasteiger charge is 2.29. The van der Waals surface area contributed by atoms with Gasteiger partial charge in [0.1, 0.15) is 0 Å². The third-order valence-electron chi connectivity index (χ3n) is 3.56. The Balaban J connectivity index is 1.95. The van der Waals surface area contributed by atoms with E-state index in [1.165, 1.54) is 0 Å². The van der Waals surface area contributed by atoms with Crippen LogP contribution >= 0.6 is 11.8 Å². The monoisotopic (exact) mass is 309 g/mol. The second-order valence-electron chi connectivity index (χ2n) is 5.90. The van der Waals surface area contributed by atoms with Gasteiger partial charge in [-0.2, -0.15) is 0 Å². The summed E-state index contributed by atoms with van der Waals surface area (Å²) in [5, 5.41) is 12.5. The summed E-state index contributed by atoms with van der Waals surface area (Å²) in [5.74, 6) is 0. The van der Waals surface area contributed by atoms with Crippen LogP contribution in [0.15, 0.2) is 71.8 Å². The number of nitrogens with zero attached hydrogens (tertiary/aromatic N) is 1. The Morgan fingerprint density at radius 3 is 2.32 bits per heavy atom. The Labute approximate surface area is 135 Å². The van der Waals surface area contributed by atoms with Gasteiger partial charge in [0.05, 0.1) is 21.4 Å². The lowest BCUT2D eigenvalue weighted by Gasteiger charge is -2.29. The lowest BCUT2D eigenvalue weighted by atomic mass is 9.98. The second kappa shape index (κ2) is 6.11. The largest absolute Gasteiger partial charge is 0.389 e. The normalized spacial score (nSPS) is 13.2. The number of hydrogen-bond donors (Lipinski definition) is 1. The van der Waals surface area contributed by atoms with Crippen molar-refractivity contribution < 1.29 is 5.11 Å². The first-order valence-electron chi connectivity index (χ1n) is 7.34. The predicted octanol–water partition coefficient (Wildman–Crippen LogP) is 4.84. The SMILES string of the molecule is CC(C)(O)C(Sc1ccc2ccccc2n1)c1ccccc1. The minimum Gasteiger partial charge on any atom is -0.389 e. The first kappa shape index (κ1) is 15.1. The van der Waals surface area contributed by atoms with Gasteiger partial charge in [0, 0.05) is 5.39 Å². The molecule has 1 heterocycles. The van der Waals surface area contributed by atoms with E-state index in [1.807, 2.05) is 56.3 Å². The zero-order valence-corrected chi connectivity index (χ0v) is 13.5. The molecule has 22 heavy (non-hydrogen) atoms. The van der Waals surface area contributed by atoms with Crippen LogP contribution in [0.4, 0.5) is 0 Å². The maximum absolute atomic E-state index is 10.6. The van der Waals surface area contributed by atoms with Crippen LogP contribution < -0.4 is 0 Å². The Hall–Kier alpha value is -1.84. The molecule has 3 aromatic rings. The smallest absolute Gasteiger partial charge is 0.0974 e. The second-order valence-corrected chi connectivity index (χ2v) is 7.03. The molecule has 2 nitrogen and oxygen atoms in total. The van der Waals surface area contributed by atoms with Crippen molar-refractivity contribution >= 4 is 22.7 Å². The molecular weight excluding hydrogens is 290 g/mol. The van der Waals surface area contributed by atoms with Crippen LogP contribution in [0.25, 0.3) is 10.9 Å². The van der Waals surface area contributed by atoms with Crippen molar-refractivity contribution in [1.29, 1.82) is 0 Å². The predicted molar refractivity (Wildman–Crippen MR) is 93.1 cm³/mol. The van der Waals surface area contributed by atoms with E-state index >= 15 is 0 Å². The van der Waals surface area contributed by atoms with E-state index in [0.717, 1.165) is 21.5 Å². The topological polar surface area (TPSA) is 33.1 Å². The fourth-order valence-corrected chi connectivity index (χ4v) is 3.60. The van der Waals surface area contributed by atoms with Crippen molar-refractivity contribution in [2.24, 2.45) is 0 Å². The van der Waals surface area contributed by atoms with Gasteiger partial charge in [-0.1, -0.05) is 66.4 Å². The quantitative estimate of drug-likeness (QED) is 0.700. The van der Waals surface area contributed by atoms with Crippen LogP contribution in [0.2, 0.25) is 0 Å². The maximum Gasteiger partial charge on any atom is 0.0974 e. The summed E-state index contributed by atoms with van der Waals surface area (Å²) in [5.41, 5.74) is 1.25. The number of fused-ring (bicyclic) bond motifs is 1. The van der Waals surface area contributed by atoms with Crippen LogP contribution in [0.5, 0.6) is 0 Å². The number of pyridine rings is 1. The van der Waals surface area contributed by atoms with Gasteiger partial charge >= 0.3 is 0 Å². The molecule has 112 valence electrons. The molecular formula is C19H19NOS. The van der Waals surface area contributed by atoms with Crippen LogP contribution in [0, 0.1) is 0 Å². The molecule has 0 saturated carbocycles. The summed E-state index contributed by atoms with van der Waals surface area (Å²) >= 11 is 1.60. The summed E-state index contributed by atoms with van der Waals surface area (Å²) in [4.78, 5) is 4.71. The zero-order valence-electron chi connectivity index (χ0n) is 12.7. The lowest BCUT2D eigenvalue weighted by Crippen LogP contribution is -2.26. The number of benzene rings is 2. The summed E-state index contributed by atoms with van der Waals surface area (Å²) in [6.45, 7) is 3.69. The van der Waals surface area contributed by atoms with Gasteiger partial charge in [-0.05, 0) is 31.5 Å². The summed E-state index contributed by atoms with van der Waals surface area (Å²) < 4.78 is 0. The van der Waals surface area contributed by atoms with Gasteiger partial charge in [0.25, 0.3) is 0 Å². The first-order valence-corrected chi connectivity index (χ1v) is 8.22. The maximum atomic E-state index is 10.6. The molecule has 0 spiro atoms. The number of hydrogen-bond acceptors (Lipinski definition) is 3. The first-order chi connectivity index (χ1) is 10.5. The van der Waals surface area contributed by atoms with Crippen molar-refractivity contribution in [1.82, 2.24) is 4.98 Å². The Kier molecular flexibility index (Phi) is 4.19. The third kappa shape index (κ3) is 3.32. The van der Waals surface area contributed by atoms with Crippen LogP contribution in [0.3, 0.4) is 0 Å². The number of aliphatic hydroxyl groups is 1. The molecule has 0 radical (unpaired) electrons. The fraction of sp³-hybridized carbons (Fsp3) is 0.211. The highest BCUT2D eigenvalue weighted by atomic mass is 32.2. The summed E-state index contributed by atoms with van der Waals surface area (Å²) in [6, 6.07) is 22.3. The molecule has 2 aromatic carbocycles. The number of rotatable bonds is 4. The summed E-state index contributed by atoms with van der Waals surface area (Å²) in [6.07, 6.45) is 0. The lowest BCUT2D eigenvalue weighted by molar-refractivity contribution is 0.0776. The van der Waals surface area contributed by atoms with Crippen LogP contribution in [0.1, 0.15) is 24.7 Å². The third-order valence-corrected chi connectivity index (χ3v) is 5.11. The van der Waals surface area contributed by atoms with Gasteiger partial charge in [0.2, 0.25) is 0 Å². The molecule has 0 amide bonds. The zero-order chi connectivity index (χ0) is 15.6. The van der Waals surface area contributed by atoms with E-state index in [-0.39, 0.29) is 5.25 Å². The molecule has 1 atom stereocenters. The molecule has 3 heteroatoms. The Morgan fingerprint density at radius 2 is 1.59 bits per heavy atom. The molecule has 0 fully saturated rings. The van der Waals surface area contributed by atoms with Gasteiger partial charge in [-0.15, -0.1) is 0 Å². The van der Waals surface area contributed by atoms with E-state index in [0.29, 0.717) is 0 Å². The van der Waals surface area contributed by atoms with Gasteiger partial charge in [0.15, 0.2) is 0 Å². The van der Waals surface area contributed by atoms with Crippen molar-refractivity contribution in [3.8, 4) is 0 Å². The van der Waals surface area contributed by atoms with Gasteiger partial charge in [-0.25, -0.2) is 4.98 Å². The number of aromatic nitrogens is 1. The van der Waals surface area contributed by atoms with Crippen molar-refractivity contribution in [2.45, 2.75) is 29.7 Å². The molecule has 0 saturated heterocycles. The minimum atomic E-state index is -0.834. The molecule has 0 aliphatic heterocycles. The van der Waals surface area contributed by atoms with Gasteiger partial charge in [-0.3, -0.25) is 0 Å². The Morgan fingerprint density at radius 1 is 0.909 bits per heavy atom. The summed E-state index contributed by atoms with van der Waals surface area (Å²) in [7, 11) is 0. The average Bonchev–Trinajstić information content (AvgIpc) is 2.52. The molecule has 3 rings (SSSR count). The van der Waals surface area contributed by atoms with E-state index in [2.05, 4.69) is 24.3 Å². The van der Waals surface area contributed by atoms with E-state index in [4.69, 9.17) is 4.98 Å². The molecule has 1 unspecified atom stereocenters. The highest BCUT2D eigenvalue weighted by Crippen LogP contribution is 2.42. The van der Waals surface area contributed by atoms with Crippen LogP contribution in [-0.4, -0.2) is 15.7 Å². The van der Waals surface area contributed by atoms with Gasteiger partial charge < -0.3 is 5.11 Å². The Bertz CT molecular complexity index is 765. The van der Waals surface area contributed by atoms with E-state index in [9.17, 15) is 5.11 Å². The molecule has 1 N–H and O–H groups in total. The molecule has 0 bridgehead atoms. The number of thioether (sulfide) groups is 1. The van der Waals surface area contributed by atoms with E-state index < -0.39 is 5.60 Å². The van der Waals surface area contributed by atoms with Crippen molar-refractivity contribution in [3.05, 3.63) is 72.3 Å². The molecule has 0 aliphatic rings. The minimum absolute atomic E-state index is 0.0673. The van der Waals surface area contributed by atoms with E-state index in [1.54, 1.807) is 11.8 Å². The van der Waals surface area contributed by atoms with Crippen molar-refractivity contribution in [3.63, 3.8) is 0 Å². The molecule has 0 aliphatic carbocycles. The number of para-hydroxylation sites is 1. The highest BCUT2D eigenvalue weighted by molar-refractivity contribution is 7.99. The fourth-order valence-electron chi connectivity index (χ4n) is 2.48. The average molecular weight is 309 g/mol. The standard InChI is InChI=1S/C19H19NOS/c1-19(2,21)18(15-9-4-3-5-10-15)22-17-13-12-14-8-6-7-11-16(14)20-17/h3-13,18,21H,1-2H3. The molecule has 1 aromatic heterocycles. The van der Waals surface area contributed by atoms with Crippen LogP contribution in [-0.2, 0) is 0 Å².